The monoisotopic (exact) mass is 647 g/mol. The lowest BCUT2D eigenvalue weighted by Crippen LogP contribution is -2.41. The minimum atomic E-state index is -3.55. The van der Waals surface area contributed by atoms with Gasteiger partial charge in [0.05, 0.1) is 19.0 Å². The lowest BCUT2D eigenvalue weighted by Gasteiger charge is -2.28. The van der Waals surface area contributed by atoms with Crippen LogP contribution in [0, 0.1) is 0 Å². The molecule has 0 amide bonds. The van der Waals surface area contributed by atoms with Crippen LogP contribution in [0.2, 0.25) is 0 Å². The van der Waals surface area contributed by atoms with Gasteiger partial charge in [0, 0.05) is 12.4 Å². The number of aliphatic hydroxyl groups is 1. The van der Waals surface area contributed by atoms with Crippen molar-refractivity contribution in [1.29, 1.82) is 0 Å². The molecule has 2 aromatic heterocycles. The molecule has 5 N–H and O–H groups in total. The number of carbonyl (C=O) groups is 1. The lowest BCUT2D eigenvalue weighted by molar-refractivity contribution is -0.149. The van der Waals surface area contributed by atoms with Gasteiger partial charge in [-0.25, -0.2) is 14.5 Å². The van der Waals surface area contributed by atoms with Crippen molar-refractivity contribution in [2.24, 2.45) is 0 Å². The molecule has 0 saturated carbocycles. The van der Waals surface area contributed by atoms with E-state index in [4.69, 9.17) is 36.1 Å². The van der Waals surface area contributed by atoms with Gasteiger partial charge in [0.15, 0.2) is 28.9 Å². The third-order valence-electron chi connectivity index (χ3n) is 7.08. The number of nitrogens with two attached hydrogens (primary N) is 1. The van der Waals surface area contributed by atoms with Crippen molar-refractivity contribution in [2.45, 2.75) is 63.9 Å². The number of hydrogen-bond acceptors (Lipinski definition) is 12. The Morgan fingerprint density at radius 2 is 1.98 bits per heavy atom. The lowest BCUT2D eigenvalue weighted by atomic mass is 9.98. The van der Waals surface area contributed by atoms with E-state index in [2.05, 4.69) is 25.4 Å². The second-order valence-corrected chi connectivity index (χ2v) is 14.0. The highest BCUT2D eigenvalue weighted by atomic mass is 32.5. The van der Waals surface area contributed by atoms with Gasteiger partial charge in [-0.15, -0.1) is 0 Å². The third-order valence-corrected chi connectivity index (χ3v) is 9.56. The molecule has 0 aliphatic carbocycles. The van der Waals surface area contributed by atoms with E-state index in [1.54, 1.807) is 33.9 Å². The number of nitrogen functional groups attached to an aromatic ring is 1. The number of carbonyl (C=O) groups excluding carboxylic acids is 1. The van der Waals surface area contributed by atoms with Crippen LogP contribution in [0.3, 0.4) is 0 Å². The Morgan fingerprint density at radius 3 is 2.70 bits per heavy atom. The van der Waals surface area contributed by atoms with Crippen LogP contribution in [0.1, 0.15) is 33.9 Å². The number of imidazole rings is 1. The molecule has 2 unspecified atom stereocenters. The molecule has 1 aliphatic rings. The van der Waals surface area contributed by atoms with Crippen LogP contribution in [0.5, 0.6) is 5.75 Å². The number of rotatable bonds is 11. The average molecular weight is 648 g/mol. The topological polar surface area (TPSA) is 168 Å². The number of aliphatic hydroxyl groups excluding tert-OH is 1. The Bertz CT molecular complexity index is 1720. The highest BCUT2D eigenvalue weighted by Crippen LogP contribution is 2.49. The third kappa shape index (κ3) is 6.34. The molecular formula is C28H35FN7O6PS. The number of fused-ring (bicyclic) bond motifs is 2. The molecule has 0 bridgehead atoms. The van der Waals surface area contributed by atoms with Gasteiger partial charge in [0.25, 0.3) is 0 Å². The Balaban J connectivity index is 1.42. The summed E-state index contributed by atoms with van der Waals surface area (Å²) >= 11 is 5.86. The van der Waals surface area contributed by atoms with Crippen LogP contribution in [0.15, 0.2) is 48.8 Å². The van der Waals surface area contributed by atoms with Crippen molar-refractivity contribution in [3.63, 3.8) is 0 Å². The number of esters is 1. The first kappa shape index (κ1) is 31.9. The molecule has 2 aromatic carbocycles. The zero-order valence-electron chi connectivity index (χ0n) is 24.8. The quantitative estimate of drug-likeness (QED) is 0.137. The van der Waals surface area contributed by atoms with Crippen LogP contribution in [0.25, 0.3) is 21.9 Å². The maximum atomic E-state index is 16.2. The van der Waals surface area contributed by atoms with Crippen LogP contribution in [-0.2, 0) is 30.6 Å². The smallest absolute Gasteiger partial charge is 0.323 e. The first-order chi connectivity index (χ1) is 20.8. The summed E-state index contributed by atoms with van der Waals surface area (Å²) in [6, 6.07) is 12.1. The standard InChI is InChI=1S/C28H35FN7O6PS/c1-15(2)40-25(38)16(3)35-43(44,42-19-12-8-10-17-9-6-7-11-18(17)19)39-13-20-22(37)28(4,29)26(41-20)36-14-32-21-23(31-5)33-27(30)34-24(21)36/h6-12,14-16,20,22,26,37H,13H2,1-5H3,(H,35,44)(H3,30,31,33,34)/t16-,20?,22+,26+,28+,43?/m0/s1. The van der Waals surface area contributed by atoms with E-state index in [1.807, 2.05) is 36.4 Å². The number of anilines is 2. The highest BCUT2D eigenvalue weighted by Gasteiger charge is 2.56. The molecular weight excluding hydrogens is 612 g/mol. The summed E-state index contributed by atoms with van der Waals surface area (Å²) in [4.78, 5) is 25.3. The molecule has 3 heterocycles. The van der Waals surface area contributed by atoms with E-state index in [0.29, 0.717) is 17.1 Å². The molecule has 5 rings (SSSR count). The van der Waals surface area contributed by atoms with E-state index < -0.39 is 42.8 Å². The Kier molecular flexibility index (Phi) is 9.08. The van der Waals surface area contributed by atoms with Crippen LogP contribution in [-0.4, -0.2) is 74.3 Å². The largest absolute Gasteiger partial charge is 0.462 e. The molecule has 0 spiro atoms. The summed E-state index contributed by atoms with van der Waals surface area (Å²) < 4.78 is 41.3. The van der Waals surface area contributed by atoms with Gasteiger partial charge in [-0.2, -0.15) is 9.97 Å². The maximum Gasteiger partial charge on any atom is 0.323 e. The second-order valence-electron chi connectivity index (χ2n) is 10.8. The number of ether oxygens (including phenoxy) is 2. The van der Waals surface area contributed by atoms with Gasteiger partial charge in [-0.1, -0.05) is 36.4 Å². The van der Waals surface area contributed by atoms with E-state index in [0.717, 1.165) is 10.8 Å². The van der Waals surface area contributed by atoms with Gasteiger partial charge in [-0.05, 0) is 51.0 Å². The fraction of sp³-hybridized carbons (Fsp3) is 0.429. The molecule has 4 aromatic rings. The summed E-state index contributed by atoms with van der Waals surface area (Å²) in [7, 11) is 1.64. The fourth-order valence-electron chi connectivity index (χ4n) is 4.92. The molecule has 1 aliphatic heterocycles. The first-order valence-corrected chi connectivity index (χ1v) is 16.6. The van der Waals surface area contributed by atoms with Crippen molar-refractivity contribution in [3.05, 3.63) is 48.8 Å². The van der Waals surface area contributed by atoms with Gasteiger partial charge in [0.1, 0.15) is 24.0 Å². The SMILES string of the molecule is CNc1nc(N)nc2c1ncn2[C@@H]1OC(COP(=S)(N[C@@H](C)C(=O)OC(C)C)Oc2cccc3ccccc23)[C@@H](O)[C@@]1(C)F. The Hall–Kier alpha value is -3.46. The molecule has 16 heteroatoms. The summed E-state index contributed by atoms with van der Waals surface area (Å²) in [6.07, 6.45) is -3.18. The molecule has 1 fully saturated rings. The summed E-state index contributed by atoms with van der Waals surface area (Å²) in [6.45, 7) is 2.33. The number of halogens is 1. The van der Waals surface area contributed by atoms with Crippen molar-refractivity contribution >= 4 is 58.1 Å². The van der Waals surface area contributed by atoms with Gasteiger partial charge >= 0.3 is 12.6 Å². The number of alkyl halides is 1. The summed E-state index contributed by atoms with van der Waals surface area (Å²) in [5.74, 6) is 0.173. The minimum Gasteiger partial charge on any atom is -0.462 e. The Morgan fingerprint density at radius 1 is 1.25 bits per heavy atom. The van der Waals surface area contributed by atoms with E-state index in [1.165, 1.54) is 17.8 Å². The van der Waals surface area contributed by atoms with E-state index >= 15 is 4.39 Å². The normalized spacial score (nSPS) is 24.0. The maximum absolute atomic E-state index is 16.2. The predicted octanol–water partition coefficient (Wildman–Crippen LogP) is 3.84. The van der Waals surface area contributed by atoms with Crippen molar-refractivity contribution in [2.75, 3.05) is 24.7 Å². The van der Waals surface area contributed by atoms with Crippen LogP contribution >= 0.6 is 6.64 Å². The van der Waals surface area contributed by atoms with Gasteiger partial charge < -0.3 is 34.7 Å². The summed E-state index contributed by atoms with van der Waals surface area (Å²) in [5, 5.41) is 18.6. The molecule has 0 radical (unpaired) electrons. The number of nitrogens with one attached hydrogen (secondary N) is 2. The number of hydrogen-bond donors (Lipinski definition) is 4. The Labute approximate surface area is 258 Å². The summed E-state index contributed by atoms with van der Waals surface area (Å²) in [5.41, 5.74) is 4.12. The predicted molar refractivity (Wildman–Crippen MR) is 167 cm³/mol. The van der Waals surface area contributed by atoms with Crippen molar-refractivity contribution in [3.8, 4) is 5.75 Å². The minimum absolute atomic E-state index is 0.0509. The molecule has 236 valence electrons. The zero-order chi connectivity index (χ0) is 31.8. The number of nitrogens with zero attached hydrogens (tertiary/aromatic N) is 4. The molecule has 44 heavy (non-hydrogen) atoms. The number of benzene rings is 2. The van der Waals surface area contributed by atoms with Crippen LogP contribution < -0.4 is 20.7 Å². The van der Waals surface area contributed by atoms with Crippen LogP contribution in [0.4, 0.5) is 16.2 Å². The zero-order valence-corrected chi connectivity index (χ0v) is 26.5. The number of aromatic nitrogens is 4. The second kappa shape index (κ2) is 12.5. The first-order valence-electron chi connectivity index (χ1n) is 13.9. The molecule has 13 nitrogen and oxygen atoms in total. The van der Waals surface area contributed by atoms with Gasteiger partial charge in [0.2, 0.25) is 5.95 Å². The van der Waals surface area contributed by atoms with Crippen molar-refractivity contribution in [1.82, 2.24) is 24.6 Å². The van der Waals surface area contributed by atoms with E-state index in [-0.39, 0.29) is 24.3 Å². The molecule has 1 saturated heterocycles. The van der Waals surface area contributed by atoms with Gasteiger partial charge in [-0.3, -0.25) is 9.36 Å². The van der Waals surface area contributed by atoms with Crippen molar-refractivity contribution < 1.29 is 32.8 Å². The molecule has 6 atom stereocenters. The highest BCUT2D eigenvalue weighted by molar-refractivity contribution is 8.09. The average Bonchev–Trinajstić information content (AvgIpc) is 3.48. The van der Waals surface area contributed by atoms with E-state index in [9.17, 15) is 9.90 Å². The fourth-order valence-corrected chi connectivity index (χ4v) is 7.34.